The normalized spacial score (nSPS) is 13.8. The quantitative estimate of drug-likeness (QED) is 0.284. The number of halogens is 2. The van der Waals surface area contributed by atoms with Gasteiger partial charge in [0.05, 0.1) is 6.54 Å². The SMILES string of the molecule is Cc1ccccc1N1CCN(C(=O)c2csc(CN(Cc3ccc(F)cc3)Cc3ccccc3F)n2)CC1. The molecule has 1 amide bonds. The minimum absolute atomic E-state index is 0.0591. The van der Waals surface area contributed by atoms with Crippen molar-refractivity contribution in [1.82, 2.24) is 14.8 Å². The first-order valence-corrected chi connectivity index (χ1v) is 13.6. The molecule has 1 fully saturated rings. The molecule has 0 saturated carbocycles. The number of piperazine rings is 1. The number of hydrogen-bond donors (Lipinski definition) is 0. The number of hydrogen-bond acceptors (Lipinski definition) is 5. The maximum Gasteiger partial charge on any atom is 0.273 e. The molecule has 38 heavy (non-hydrogen) atoms. The fourth-order valence-corrected chi connectivity index (χ4v) is 5.60. The Morgan fingerprint density at radius 3 is 2.34 bits per heavy atom. The third kappa shape index (κ3) is 6.26. The molecule has 1 aromatic heterocycles. The lowest BCUT2D eigenvalue weighted by atomic mass is 10.1. The number of benzene rings is 3. The predicted octanol–water partition coefficient (Wildman–Crippen LogP) is 5.89. The van der Waals surface area contributed by atoms with Crippen molar-refractivity contribution in [2.45, 2.75) is 26.6 Å². The summed E-state index contributed by atoms with van der Waals surface area (Å²) in [5, 5.41) is 2.59. The second kappa shape index (κ2) is 11.8. The van der Waals surface area contributed by atoms with Crippen molar-refractivity contribution >= 4 is 22.9 Å². The largest absolute Gasteiger partial charge is 0.368 e. The van der Waals surface area contributed by atoms with E-state index in [4.69, 9.17) is 0 Å². The fourth-order valence-electron chi connectivity index (χ4n) is 4.79. The van der Waals surface area contributed by atoms with Crippen molar-refractivity contribution in [2.24, 2.45) is 0 Å². The minimum atomic E-state index is -0.294. The van der Waals surface area contributed by atoms with E-state index in [0.29, 0.717) is 44.0 Å². The van der Waals surface area contributed by atoms with E-state index in [0.717, 1.165) is 23.7 Å². The third-order valence-electron chi connectivity index (χ3n) is 6.82. The van der Waals surface area contributed by atoms with Gasteiger partial charge in [-0.05, 0) is 42.3 Å². The Labute approximate surface area is 226 Å². The topological polar surface area (TPSA) is 39.7 Å². The molecule has 2 heterocycles. The standard InChI is InChI=1S/C30H30F2N4OS/c1-22-6-2-5-9-28(22)35-14-16-36(17-15-35)30(37)27-21-38-29(33-27)20-34(18-23-10-12-25(31)13-11-23)19-24-7-3-4-8-26(24)32/h2-13,21H,14-20H2,1H3. The summed E-state index contributed by atoms with van der Waals surface area (Å²) in [5.74, 6) is -0.621. The molecule has 1 aliphatic heterocycles. The molecule has 0 radical (unpaired) electrons. The average molecular weight is 533 g/mol. The highest BCUT2D eigenvalue weighted by molar-refractivity contribution is 7.09. The van der Waals surface area contributed by atoms with Gasteiger partial charge in [-0.15, -0.1) is 11.3 Å². The number of thiazole rings is 1. The molecule has 0 atom stereocenters. The van der Waals surface area contributed by atoms with Crippen LogP contribution in [0, 0.1) is 18.6 Å². The number of aromatic nitrogens is 1. The molecule has 0 spiro atoms. The van der Waals surface area contributed by atoms with Crippen LogP contribution in [0.3, 0.4) is 0 Å². The van der Waals surface area contributed by atoms with Crippen LogP contribution in [-0.4, -0.2) is 46.9 Å². The van der Waals surface area contributed by atoms with Crippen molar-refractivity contribution in [1.29, 1.82) is 0 Å². The predicted molar refractivity (Wildman–Crippen MR) is 147 cm³/mol. The van der Waals surface area contributed by atoms with Crippen LogP contribution in [-0.2, 0) is 19.6 Å². The zero-order valence-corrected chi connectivity index (χ0v) is 22.1. The van der Waals surface area contributed by atoms with Crippen LogP contribution in [0.5, 0.6) is 0 Å². The van der Waals surface area contributed by atoms with Gasteiger partial charge in [0.1, 0.15) is 22.3 Å². The summed E-state index contributed by atoms with van der Waals surface area (Å²) < 4.78 is 27.8. The monoisotopic (exact) mass is 532 g/mol. The van der Waals surface area contributed by atoms with Crippen molar-refractivity contribution in [3.05, 3.63) is 117 Å². The highest BCUT2D eigenvalue weighted by atomic mass is 32.1. The van der Waals surface area contributed by atoms with Crippen LogP contribution in [0.4, 0.5) is 14.5 Å². The summed E-state index contributed by atoms with van der Waals surface area (Å²) in [5.41, 5.74) is 4.39. The third-order valence-corrected chi connectivity index (χ3v) is 7.66. The van der Waals surface area contributed by atoms with Gasteiger partial charge < -0.3 is 9.80 Å². The number of amides is 1. The second-order valence-corrected chi connectivity index (χ2v) is 10.5. The summed E-state index contributed by atoms with van der Waals surface area (Å²) in [4.78, 5) is 24.1. The second-order valence-electron chi connectivity index (χ2n) is 9.56. The smallest absolute Gasteiger partial charge is 0.273 e. The summed E-state index contributed by atoms with van der Waals surface area (Å²) in [6, 6.07) is 21.3. The van der Waals surface area contributed by atoms with Gasteiger partial charge in [0, 0.05) is 55.9 Å². The van der Waals surface area contributed by atoms with Gasteiger partial charge in [-0.25, -0.2) is 13.8 Å². The number of carbonyl (C=O) groups is 1. The molecule has 4 aromatic rings. The fraction of sp³-hybridized carbons (Fsp3) is 0.267. The molecular formula is C30H30F2N4OS. The van der Waals surface area contributed by atoms with Gasteiger partial charge in [-0.3, -0.25) is 9.69 Å². The summed E-state index contributed by atoms with van der Waals surface area (Å²) in [6.45, 7) is 6.27. The molecule has 0 N–H and O–H groups in total. The van der Waals surface area contributed by atoms with Crippen molar-refractivity contribution < 1.29 is 13.6 Å². The first-order chi connectivity index (χ1) is 18.5. The van der Waals surface area contributed by atoms with Crippen LogP contribution >= 0.6 is 11.3 Å². The molecule has 1 aliphatic rings. The highest BCUT2D eigenvalue weighted by Gasteiger charge is 2.25. The number of nitrogens with zero attached hydrogens (tertiary/aromatic N) is 4. The molecule has 5 rings (SSSR count). The Kier molecular flexibility index (Phi) is 8.10. The number of aryl methyl sites for hydroxylation is 1. The van der Waals surface area contributed by atoms with Crippen LogP contribution in [0.25, 0.3) is 0 Å². The van der Waals surface area contributed by atoms with Crippen LogP contribution in [0.1, 0.15) is 32.2 Å². The molecule has 8 heteroatoms. The van der Waals surface area contributed by atoms with Gasteiger partial charge in [0.15, 0.2) is 0 Å². The Hall–Kier alpha value is -3.62. The number of anilines is 1. The molecule has 3 aromatic carbocycles. The van der Waals surface area contributed by atoms with Crippen molar-refractivity contribution in [3.8, 4) is 0 Å². The lowest BCUT2D eigenvalue weighted by Crippen LogP contribution is -2.49. The summed E-state index contributed by atoms with van der Waals surface area (Å²) >= 11 is 1.43. The number of carbonyl (C=O) groups excluding carboxylic acids is 1. The summed E-state index contributed by atoms with van der Waals surface area (Å²) in [6.07, 6.45) is 0. The van der Waals surface area contributed by atoms with E-state index in [-0.39, 0.29) is 17.5 Å². The highest BCUT2D eigenvalue weighted by Crippen LogP contribution is 2.23. The Bertz CT molecular complexity index is 1380. The molecule has 0 bridgehead atoms. The van der Waals surface area contributed by atoms with Gasteiger partial charge in [0.2, 0.25) is 0 Å². The first kappa shape index (κ1) is 26.0. The van der Waals surface area contributed by atoms with Gasteiger partial charge >= 0.3 is 0 Å². The maximum absolute atomic E-state index is 14.4. The number of para-hydroxylation sites is 1. The Morgan fingerprint density at radius 1 is 0.895 bits per heavy atom. The van der Waals surface area contributed by atoms with Gasteiger partial charge in [-0.2, -0.15) is 0 Å². The van der Waals surface area contributed by atoms with E-state index < -0.39 is 0 Å². The van der Waals surface area contributed by atoms with Crippen LogP contribution in [0.15, 0.2) is 78.2 Å². The molecule has 196 valence electrons. The Balaban J connectivity index is 1.25. The molecule has 0 unspecified atom stereocenters. The lowest BCUT2D eigenvalue weighted by molar-refractivity contribution is 0.0741. The van der Waals surface area contributed by atoms with E-state index in [2.05, 4.69) is 33.8 Å². The van der Waals surface area contributed by atoms with E-state index in [9.17, 15) is 13.6 Å². The minimum Gasteiger partial charge on any atom is -0.368 e. The number of rotatable bonds is 8. The van der Waals surface area contributed by atoms with Crippen LogP contribution in [0.2, 0.25) is 0 Å². The average Bonchev–Trinajstić information content (AvgIpc) is 3.40. The van der Waals surface area contributed by atoms with Crippen LogP contribution < -0.4 is 4.90 Å². The van der Waals surface area contributed by atoms with E-state index in [1.807, 2.05) is 28.5 Å². The zero-order chi connectivity index (χ0) is 26.5. The van der Waals surface area contributed by atoms with Gasteiger partial charge in [-0.1, -0.05) is 48.5 Å². The molecular weight excluding hydrogens is 502 g/mol. The van der Waals surface area contributed by atoms with Crippen molar-refractivity contribution in [2.75, 3.05) is 31.1 Å². The van der Waals surface area contributed by atoms with Crippen molar-refractivity contribution in [3.63, 3.8) is 0 Å². The lowest BCUT2D eigenvalue weighted by Gasteiger charge is -2.36. The Morgan fingerprint density at radius 2 is 1.61 bits per heavy atom. The van der Waals surface area contributed by atoms with E-state index >= 15 is 0 Å². The molecule has 0 aliphatic carbocycles. The summed E-state index contributed by atoms with van der Waals surface area (Å²) in [7, 11) is 0. The van der Waals surface area contributed by atoms with E-state index in [1.54, 1.807) is 24.3 Å². The van der Waals surface area contributed by atoms with Gasteiger partial charge in [0.25, 0.3) is 5.91 Å². The first-order valence-electron chi connectivity index (χ1n) is 12.7. The van der Waals surface area contributed by atoms with E-state index in [1.165, 1.54) is 40.8 Å². The maximum atomic E-state index is 14.4. The molecule has 1 saturated heterocycles. The zero-order valence-electron chi connectivity index (χ0n) is 21.3. The molecule has 5 nitrogen and oxygen atoms in total.